The molecule has 0 radical (unpaired) electrons. The van der Waals surface area contributed by atoms with Gasteiger partial charge >= 0.3 is 0 Å². The highest BCUT2D eigenvalue weighted by molar-refractivity contribution is 5.57. The second-order valence-electron chi connectivity index (χ2n) is 5.49. The van der Waals surface area contributed by atoms with Gasteiger partial charge in [0, 0.05) is 18.7 Å². The first-order valence-electron chi connectivity index (χ1n) is 7.58. The van der Waals surface area contributed by atoms with Gasteiger partial charge in [0.05, 0.1) is 6.10 Å². The average molecular weight is 280 g/mol. The van der Waals surface area contributed by atoms with Crippen molar-refractivity contribution in [1.29, 1.82) is 0 Å². The number of aliphatic hydroxyl groups is 1. The molecule has 1 unspecified atom stereocenters. The Kier molecular flexibility index (Phi) is 7.30. The van der Waals surface area contributed by atoms with Crippen molar-refractivity contribution in [2.75, 3.05) is 23.7 Å². The summed E-state index contributed by atoms with van der Waals surface area (Å²) in [6.45, 7) is 9.86. The minimum atomic E-state index is -0.346. The third kappa shape index (κ3) is 5.33. The van der Waals surface area contributed by atoms with Gasteiger partial charge in [0.1, 0.15) is 18.0 Å². The molecule has 0 saturated carbocycles. The lowest BCUT2D eigenvalue weighted by molar-refractivity contribution is 0.161. The topological polar surface area (TPSA) is 70.1 Å². The van der Waals surface area contributed by atoms with Crippen LogP contribution in [0.2, 0.25) is 0 Å². The number of nitrogens with zero attached hydrogens (tertiary/aromatic N) is 2. The van der Waals surface area contributed by atoms with E-state index in [1.807, 2.05) is 0 Å². The van der Waals surface area contributed by atoms with E-state index in [2.05, 4.69) is 48.3 Å². The van der Waals surface area contributed by atoms with Crippen LogP contribution in [0.15, 0.2) is 6.33 Å². The van der Waals surface area contributed by atoms with Crippen LogP contribution in [0.1, 0.15) is 46.1 Å². The molecule has 3 N–H and O–H groups in total. The summed E-state index contributed by atoms with van der Waals surface area (Å²) < 4.78 is 0. The van der Waals surface area contributed by atoms with E-state index in [0.717, 1.165) is 43.0 Å². The molecule has 0 aliphatic rings. The second kappa shape index (κ2) is 8.74. The number of rotatable bonds is 9. The predicted molar refractivity (Wildman–Crippen MR) is 84.1 cm³/mol. The Hall–Kier alpha value is -1.36. The monoisotopic (exact) mass is 280 g/mol. The molecule has 0 fully saturated rings. The third-order valence-corrected chi connectivity index (χ3v) is 3.09. The minimum Gasteiger partial charge on any atom is -0.391 e. The highest BCUT2D eigenvalue weighted by atomic mass is 16.3. The number of aliphatic hydroxyl groups excluding tert-OH is 1. The Morgan fingerprint density at radius 2 is 1.80 bits per heavy atom. The first-order valence-corrected chi connectivity index (χ1v) is 7.58. The Labute approximate surface area is 122 Å². The molecule has 20 heavy (non-hydrogen) atoms. The molecule has 5 nitrogen and oxygen atoms in total. The van der Waals surface area contributed by atoms with E-state index in [1.165, 1.54) is 0 Å². The summed E-state index contributed by atoms with van der Waals surface area (Å²) >= 11 is 0. The van der Waals surface area contributed by atoms with Crippen LogP contribution < -0.4 is 10.6 Å². The smallest absolute Gasteiger partial charge is 0.134 e. The molecule has 1 atom stereocenters. The van der Waals surface area contributed by atoms with Crippen molar-refractivity contribution in [2.45, 2.75) is 53.1 Å². The summed E-state index contributed by atoms with van der Waals surface area (Å²) in [7, 11) is 0. The molecule has 0 saturated heterocycles. The Morgan fingerprint density at radius 3 is 2.35 bits per heavy atom. The fourth-order valence-corrected chi connectivity index (χ4v) is 2.14. The van der Waals surface area contributed by atoms with Crippen LogP contribution in [-0.4, -0.2) is 34.3 Å². The van der Waals surface area contributed by atoms with Gasteiger partial charge < -0.3 is 15.7 Å². The Balaban J connectivity index is 2.69. The van der Waals surface area contributed by atoms with E-state index >= 15 is 0 Å². The van der Waals surface area contributed by atoms with Gasteiger partial charge in [0.25, 0.3) is 0 Å². The lowest BCUT2D eigenvalue weighted by Gasteiger charge is -2.17. The van der Waals surface area contributed by atoms with Crippen molar-refractivity contribution < 1.29 is 5.11 Å². The highest BCUT2D eigenvalue weighted by Crippen LogP contribution is 2.20. The number of nitrogens with one attached hydrogen (secondary N) is 2. The maximum atomic E-state index is 9.93. The summed E-state index contributed by atoms with van der Waals surface area (Å²) in [6.07, 6.45) is 3.93. The van der Waals surface area contributed by atoms with Gasteiger partial charge in [0.15, 0.2) is 0 Å². The lowest BCUT2D eigenvalue weighted by Crippen LogP contribution is -2.22. The molecule has 0 amide bonds. The molecule has 1 rings (SSSR count). The summed E-state index contributed by atoms with van der Waals surface area (Å²) in [5, 5.41) is 16.5. The maximum absolute atomic E-state index is 9.93. The van der Waals surface area contributed by atoms with Crippen molar-refractivity contribution in [1.82, 2.24) is 9.97 Å². The maximum Gasteiger partial charge on any atom is 0.134 e. The van der Waals surface area contributed by atoms with E-state index in [0.29, 0.717) is 12.5 Å². The molecule has 0 spiro atoms. The SMILES string of the molecule is CCCNc1ncnc(NCC(O)CC(C)C)c1CC. The number of hydrogen-bond donors (Lipinski definition) is 3. The zero-order chi connectivity index (χ0) is 15.0. The van der Waals surface area contributed by atoms with Gasteiger partial charge in [-0.25, -0.2) is 9.97 Å². The summed E-state index contributed by atoms with van der Waals surface area (Å²) in [6, 6.07) is 0. The van der Waals surface area contributed by atoms with Crippen LogP contribution >= 0.6 is 0 Å². The summed E-state index contributed by atoms with van der Waals surface area (Å²) in [5.41, 5.74) is 1.08. The van der Waals surface area contributed by atoms with Crippen molar-refractivity contribution in [3.05, 3.63) is 11.9 Å². The van der Waals surface area contributed by atoms with E-state index in [1.54, 1.807) is 6.33 Å². The quantitative estimate of drug-likeness (QED) is 0.649. The van der Waals surface area contributed by atoms with Crippen LogP contribution in [-0.2, 0) is 6.42 Å². The van der Waals surface area contributed by atoms with E-state index < -0.39 is 0 Å². The minimum absolute atomic E-state index is 0.346. The van der Waals surface area contributed by atoms with Crippen LogP contribution in [0.25, 0.3) is 0 Å². The fraction of sp³-hybridized carbons (Fsp3) is 0.733. The average Bonchev–Trinajstić information content (AvgIpc) is 2.41. The van der Waals surface area contributed by atoms with Gasteiger partial charge in [-0.15, -0.1) is 0 Å². The van der Waals surface area contributed by atoms with Crippen LogP contribution in [0.4, 0.5) is 11.6 Å². The van der Waals surface area contributed by atoms with Gasteiger partial charge in [-0.3, -0.25) is 0 Å². The predicted octanol–water partition coefficient (Wildman–Crippen LogP) is 2.68. The van der Waals surface area contributed by atoms with Gasteiger partial charge in [-0.05, 0) is 25.2 Å². The van der Waals surface area contributed by atoms with E-state index in [-0.39, 0.29) is 6.10 Å². The summed E-state index contributed by atoms with van der Waals surface area (Å²) in [4.78, 5) is 8.59. The van der Waals surface area contributed by atoms with Crippen molar-refractivity contribution in [2.24, 2.45) is 5.92 Å². The van der Waals surface area contributed by atoms with Gasteiger partial charge in [-0.1, -0.05) is 27.7 Å². The van der Waals surface area contributed by atoms with Gasteiger partial charge in [-0.2, -0.15) is 0 Å². The Morgan fingerprint density at radius 1 is 1.15 bits per heavy atom. The lowest BCUT2D eigenvalue weighted by atomic mass is 10.1. The molecule has 1 heterocycles. The highest BCUT2D eigenvalue weighted by Gasteiger charge is 2.11. The molecule has 0 bridgehead atoms. The molecule has 1 aromatic heterocycles. The van der Waals surface area contributed by atoms with E-state index in [9.17, 15) is 5.11 Å². The number of aromatic nitrogens is 2. The fourth-order valence-electron chi connectivity index (χ4n) is 2.14. The normalized spacial score (nSPS) is 12.5. The summed E-state index contributed by atoms with van der Waals surface area (Å²) in [5.74, 6) is 2.21. The molecule has 5 heteroatoms. The van der Waals surface area contributed by atoms with Crippen LogP contribution in [0.5, 0.6) is 0 Å². The largest absolute Gasteiger partial charge is 0.391 e. The van der Waals surface area contributed by atoms with Crippen molar-refractivity contribution in [3.8, 4) is 0 Å². The van der Waals surface area contributed by atoms with Crippen molar-refractivity contribution in [3.63, 3.8) is 0 Å². The Bertz CT molecular complexity index is 395. The van der Waals surface area contributed by atoms with Gasteiger partial charge in [0.2, 0.25) is 0 Å². The number of hydrogen-bond acceptors (Lipinski definition) is 5. The molecular formula is C15H28N4O. The standard InChI is InChI=1S/C15H28N4O/c1-5-7-16-14-13(6-2)15(19-10-18-14)17-9-12(20)8-11(3)4/h10-12,20H,5-9H2,1-4H3,(H2,16,17,18,19). The zero-order valence-electron chi connectivity index (χ0n) is 13.1. The molecule has 114 valence electrons. The zero-order valence-corrected chi connectivity index (χ0v) is 13.1. The molecule has 0 aliphatic carbocycles. The third-order valence-electron chi connectivity index (χ3n) is 3.09. The van der Waals surface area contributed by atoms with Crippen LogP contribution in [0.3, 0.4) is 0 Å². The molecule has 1 aromatic rings. The second-order valence-corrected chi connectivity index (χ2v) is 5.49. The number of anilines is 2. The van der Waals surface area contributed by atoms with Crippen molar-refractivity contribution >= 4 is 11.6 Å². The first-order chi connectivity index (χ1) is 9.58. The molecular weight excluding hydrogens is 252 g/mol. The molecule has 0 aliphatic heterocycles. The van der Waals surface area contributed by atoms with E-state index in [4.69, 9.17) is 0 Å². The first kappa shape index (κ1) is 16.7. The molecule has 0 aromatic carbocycles. The van der Waals surface area contributed by atoms with Crippen LogP contribution in [0, 0.1) is 5.92 Å².